The van der Waals surface area contributed by atoms with E-state index in [9.17, 15) is 5.11 Å². The lowest BCUT2D eigenvalue weighted by atomic mass is 10.2. The van der Waals surface area contributed by atoms with Gasteiger partial charge in [-0.3, -0.25) is 0 Å². The van der Waals surface area contributed by atoms with Crippen LogP contribution in [0.2, 0.25) is 0 Å². The van der Waals surface area contributed by atoms with Gasteiger partial charge in [-0.05, 0) is 20.3 Å². The smallest absolute Gasteiger partial charge is 0.162 e. The molecule has 2 N–H and O–H groups in total. The average Bonchev–Trinajstić information content (AvgIpc) is 2.16. The van der Waals surface area contributed by atoms with Crippen molar-refractivity contribution in [2.75, 3.05) is 19.8 Å². The Morgan fingerprint density at radius 1 is 1.43 bits per heavy atom. The first-order valence-corrected chi connectivity index (χ1v) is 5.23. The molecule has 0 radical (unpaired) electrons. The molecule has 1 heterocycles. The summed E-state index contributed by atoms with van der Waals surface area (Å²) in [4.78, 5) is 0. The maximum Gasteiger partial charge on any atom is 0.162 e. The van der Waals surface area contributed by atoms with Crippen LogP contribution in [0.25, 0.3) is 0 Å². The number of rotatable bonds is 4. The Bertz CT molecular complexity index is 163. The molecule has 0 aromatic carbocycles. The van der Waals surface area contributed by atoms with Gasteiger partial charge < -0.3 is 19.9 Å². The van der Waals surface area contributed by atoms with Crippen molar-refractivity contribution >= 4 is 0 Å². The highest BCUT2D eigenvalue weighted by molar-refractivity contribution is 4.74. The van der Waals surface area contributed by atoms with Gasteiger partial charge in [-0.1, -0.05) is 6.92 Å². The van der Waals surface area contributed by atoms with Gasteiger partial charge in [-0.15, -0.1) is 0 Å². The van der Waals surface area contributed by atoms with Crippen molar-refractivity contribution in [3.8, 4) is 0 Å². The van der Waals surface area contributed by atoms with Crippen molar-refractivity contribution in [2.24, 2.45) is 0 Å². The molecule has 0 aromatic heterocycles. The Kier molecular flexibility index (Phi) is 4.31. The van der Waals surface area contributed by atoms with E-state index in [1.54, 1.807) is 0 Å². The van der Waals surface area contributed by atoms with Gasteiger partial charge in [-0.25, -0.2) is 0 Å². The Morgan fingerprint density at radius 2 is 2.00 bits per heavy atom. The normalized spacial score (nSPS) is 24.9. The summed E-state index contributed by atoms with van der Waals surface area (Å²) in [6, 6.07) is 0.198. The van der Waals surface area contributed by atoms with E-state index in [2.05, 4.69) is 5.32 Å². The molecule has 1 rings (SSSR count). The van der Waals surface area contributed by atoms with Crippen LogP contribution in [-0.2, 0) is 9.47 Å². The highest BCUT2D eigenvalue weighted by Crippen LogP contribution is 2.16. The van der Waals surface area contributed by atoms with Gasteiger partial charge in [0.2, 0.25) is 0 Å². The van der Waals surface area contributed by atoms with Gasteiger partial charge in [0.1, 0.15) is 0 Å². The van der Waals surface area contributed by atoms with Crippen LogP contribution in [0.4, 0.5) is 0 Å². The van der Waals surface area contributed by atoms with Gasteiger partial charge in [0.25, 0.3) is 0 Å². The molecule has 1 atom stereocenters. The second-order valence-electron chi connectivity index (χ2n) is 4.19. The minimum absolute atomic E-state index is 0.198. The van der Waals surface area contributed by atoms with Crippen molar-refractivity contribution in [3.63, 3.8) is 0 Å². The van der Waals surface area contributed by atoms with Crippen LogP contribution < -0.4 is 5.32 Å². The fourth-order valence-corrected chi connectivity index (χ4v) is 1.26. The predicted molar refractivity (Wildman–Crippen MR) is 54.1 cm³/mol. The number of aliphatic hydroxyl groups is 1. The molecule has 4 nitrogen and oxygen atoms in total. The third kappa shape index (κ3) is 3.92. The third-order valence-electron chi connectivity index (χ3n) is 2.38. The van der Waals surface area contributed by atoms with Crippen LogP contribution in [-0.4, -0.2) is 42.8 Å². The molecule has 14 heavy (non-hydrogen) atoms. The summed E-state index contributed by atoms with van der Waals surface area (Å²) in [5.41, 5.74) is 0. The molecule has 1 aliphatic heterocycles. The van der Waals surface area contributed by atoms with E-state index in [1.807, 2.05) is 20.8 Å². The van der Waals surface area contributed by atoms with Crippen LogP contribution in [0, 0.1) is 0 Å². The maximum atomic E-state index is 9.35. The first-order chi connectivity index (χ1) is 6.53. The maximum absolute atomic E-state index is 9.35. The van der Waals surface area contributed by atoms with Crippen LogP contribution in [0.5, 0.6) is 0 Å². The van der Waals surface area contributed by atoms with E-state index in [1.165, 1.54) is 0 Å². The Labute approximate surface area is 85.6 Å². The minimum Gasteiger partial charge on any atom is -0.392 e. The second-order valence-corrected chi connectivity index (χ2v) is 4.19. The zero-order valence-electron chi connectivity index (χ0n) is 9.25. The lowest BCUT2D eigenvalue weighted by Crippen LogP contribution is -2.50. The van der Waals surface area contributed by atoms with E-state index >= 15 is 0 Å². The van der Waals surface area contributed by atoms with Crippen LogP contribution in [0.15, 0.2) is 0 Å². The fraction of sp³-hybridized carbons (Fsp3) is 1.00. The monoisotopic (exact) mass is 203 g/mol. The summed E-state index contributed by atoms with van der Waals surface area (Å²) in [6.07, 6.45) is 0.498. The van der Waals surface area contributed by atoms with Gasteiger partial charge >= 0.3 is 0 Å². The number of hydrogen-bond donors (Lipinski definition) is 2. The summed E-state index contributed by atoms with van der Waals surface area (Å²) in [6.45, 7) is 7.67. The summed E-state index contributed by atoms with van der Waals surface area (Å²) < 4.78 is 11.0. The third-order valence-corrected chi connectivity index (χ3v) is 2.38. The Morgan fingerprint density at radius 3 is 2.50 bits per heavy atom. The van der Waals surface area contributed by atoms with E-state index in [-0.39, 0.29) is 12.1 Å². The molecule has 0 bridgehead atoms. The molecule has 0 saturated carbocycles. The zero-order valence-corrected chi connectivity index (χ0v) is 9.25. The largest absolute Gasteiger partial charge is 0.392 e. The minimum atomic E-state index is -0.457. The summed E-state index contributed by atoms with van der Waals surface area (Å²) in [5.74, 6) is -0.457. The molecule has 1 saturated heterocycles. The molecule has 0 amide bonds. The van der Waals surface area contributed by atoms with Crippen molar-refractivity contribution in [3.05, 3.63) is 0 Å². The number of aliphatic hydroxyl groups excluding tert-OH is 1. The quantitative estimate of drug-likeness (QED) is 0.698. The number of hydrogen-bond acceptors (Lipinski definition) is 4. The Balaban J connectivity index is 2.16. The van der Waals surface area contributed by atoms with Crippen molar-refractivity contribution in [2.45, 2.75) is 45.1 Å². The second kappa shape index (κ2) is 5.07. The van der Waals surface area contributed by atoms with Gasteiger partial charge in [0.15, 0.2) is 5.79 Å². The fourth-order valence-electron chi connectivity index (χ4n) is 1.26. The van der Waals surface area contributed by atoms with E-state index in [0.29, 0.717) is 19.8 Å². The highest BCUT2D eigenvalue weighted by Gasteiger charge is 2.27. The summed E-state index contributed by atoms with van der Waals surface area (Å²) in [7, 11) is 0. The van der Waals surface area contributed by atoms with Crippen LogP contribution in [0.1, 0.15) is 27.2 Å². The van der Waals surface area contributed by atoms with Gasteiger partial charge in [0, 0.05) is 6.54 Å². The molecular weight excluding hydrogens is 182 g/mol. The number of nitrogens with one attached hydrogen (secondary N) is 1. The van der Waals surface area contributed by atoms with Crippen molar-refractivity contribution in [1.29, 1.82) is 0 Å². The first-order valence-electron chi connectivity index (χ1n) is 5.23. The van der Waals surface area contributed by atoms with Crippen LogP contribution >= 0.6 is 0 Å². The summed E-state index contributed by atoms with van der Waals surface area (Å²) >= 11 is 0. The van der Waals surface area contributed by atoms with Crippen molar-refractivity contribution < 1.29 is 14.6 Å². The van der Waals surface area contributed by atoms with Gasteiger partial charge in [-0.2, -0.15) is 0 Å². The lowest BCUT2D eigenvalue weighted by molar-refractivity contribution is -0.253. The standard InChI is InChI=1S/C10H21NO3/c1-4-9(12)5-11-8-6-13-10(2,3)14-7-8/h8-9,11-12H,4-7H2,1-3H3. The average molecular weight is 203 g/mol. The van der Waals surface area contributed by atoms with E-state index in [0.717, 1.165) is 6.42 Å². The van der Waals surface area contributed by atoms with Crippen molar-refractivity contribution in [1.82, 2.24) is 5.32 Å². The molecule has 0 aromatic rings. The van der Waals surface area contributed by atoms with Gasteiger partial charge in [0.05, 0.1) is 25.4 Å². The Hall–Kier alpha value is -0.160. The predicted octanol–water partition coefficient (Wildman–Crippen LogP) is 0.498. The summed E-state index contributed by atoms with van der Waals surface area (Å²) in [5, 5.41) is 12.6. The lowest BCUT2D eigenvalue weighted by Gasteiger charge is -2.35. The van der Waals surface area contributed by atoms with E-state index < -0.39 is 5.79 Å². The molecule has 1 aliphatic rings. The molecule has 1 fully saturated rings. The first kappa shape index (κ1) is 11.9. The molecule has 84 valence electrons. The molecule has 4 heteroatoms. The van der Waals surface area contributed by atoms with E-state index in [4.69, 9.17) is 9.47 Å². The SMILES string of the molecule is CCC(O)CNC1COC(C)(C)OC1. The number of ether oxygens (including phenoxy) is 2. The molecule has 0 aliphatic carbocycles. The molecule has 0 spiro atoms. The highest BCUT2D eigenvalue weighted by atomic mass is 16.7. The topological polar surface area (TPSA) is 50.7 Å². The van der Waals surface area contributed by atoms with Crippen LogP contribution in [0.3, 0.4) is 0 Å². The molecular formula is C10H21NO3. The zero-order chi connectivity index (χ0) is 10.6. The molecule has 1 unspecified atom stereocenters.